The first-order valence-corrected chi connectivity index (χ1v) is 6.51. The molecule has 1 fully saturated rings. The number of nitrogens with one attached hydrogen (secondary N) is 1. The fraction of sp³-hybridized carbons (Fsp3) is 0.909. The Bertz CT molecular complexity index is 231. The third-order valence-corrected chi connectivity index (χ3v) is 4.10. The predicted octanol–water partition coefficient (Wildman–Crippen LogP) is 2.65. The minimum Gasteiger partial charge on any atom is -0.444 e. The first-order valence-electron chi connectivity index (χ1n) is 5.35. The molecule has 15 heavy (non-hydrogen) atoms. The Hall–Kier alpha value is -0.380. The first kappa shape index (κ1) is 12.7. The van der Waals surface area contributed by atoms with Crippen LogP contribution in [0.2, 0.25) is 0 Å². The van der Waals surface area contributed by atoms with Crippen molar-refractivity contribution in [3.63, 3.8) is 0 Å². The number of alkyl carbamates (subject to hydrolysis) is 1. The van der Waals surface area contributed by atoms with Crippen molar-refractivity contribution < 1.29 is 9.53 Å². The number of carbonyl (C=O) groups excluding carboxylic acids is 1. The van der Waals surface area contributed by atoms with Gasteiger partial charge in [0.2, 0.25) is 0 Å². The van der Waals surface area contributed by atoms with E-state index in [0.29, 0.717) is 12.0 Å². The molecule has 0 aromatic carbocycles. The van der Waals surface area contributed by atoms with E-state index in [2.05, 4.69) is 12.2 Å². The number of thioether (sulfide) groups is 1. The van der Waals surface area contributed by atoms with E-state index >= 15 is 0 Å². The summed E-state index contributed by atoms with van der Waals surface area (Å²) in [5.41, 5.74) is 0.0278. The van der Waals surface area contributed by atoms with Gasteiger partial charge in [-0.3, -0.25) is 0 Å². The maximum absolute atomic E-state index is 11.3. The second kappa shape index (κ2) is 4.64. The van der Waals surface area contributed by atoms with Crippen LogP contribution in [-0.2, 0) is 4.74 Å². The lowest BCUT2D eigenvalue weighted by atomic mass is 9.91. The van der Waals surface area contributed by atoms with Crippen LogP contribution in [0.4, 0.5) is 4.79 Å². The van der Waals surface area contributed by atoms with Crippen molar-refractivity contribution in [3.8, 4) is 0 Å². The average molecular weight is 231 g/mol. The van der Waals surface area contributed by atoms with Gasteiger partial charge < -0.3 is 10.1 Å². The van der Waals surface area contributed by atoms with Crippen LogP contribution in [0.25, 0.3) is 0 Å². The minimum absolute atomic E-state index is 0.307. The molecule has 0 bridgehead atoms. The zero-order valence-corrected chi connectivity index (χ0v) is 10.9. The Labute approximate surface area is 96.3 Å². The van der Waals surface area contributed by atoms with Crippen molar-refractivity contribution in [1.29, 1.82) is 0 Å². The van der Waals surface area contributed by atoms with Crippen LogP contribution in [0.15, 0.2) is 0 Å². The Morgan fingerprint density at radius 2 is 2.07 bits per heavy atom. The number of hydrogen-bond acceptors (Lipinski definition) is 3. The quantitative estimate of drug-likeness (QED) is 0.811. The Balaban J connectivity index is 2.12. The van der Waals surface area contributed by atoms with Crippen LogP contribution >= 0.6 is 11.8 Å². The van der Waals surface area contributed by atoms with E-state index in [9.17, 15) is 4.79 Å². The zero-order valence-electron chi connectivity index (χ0n) is 10.1. The van der Waals surface area contributed by atoms with Gasteiger partial charge in [-0.1, -0.05) is 6.92 Å². The third kappa shape index (κ3) is 4.78. The van der Waals surface area contributed by atoms with E-state index < -0.39 is 5.60 Å². The molecule has 88 valence electrons. The highest BCUT2D eigenvalue weighted by Crippen LogP contribution is 2.39. The van der Waals surface area contributed by atoms with E-state index in [1.807, 2.05) is 32.5 Å². The summed E-state index contributed by atoms with van der Waals surface area (Å²) in [6, 6.07) is 0. The Morgan fingerprint density at radius 3 is 2.47 bits per heavy atom. The van der Waals surface area contributed by atoms with Gasteiger partial charge in [0, 0.05) is 6.54 Å². The molecule has 1 aliphatic heterocycles. The van der Waals surface area contributed by atoms with Gasteiger partial charge in [0.05, 0.1) is 0 Å². The number of hydrogen-bond donors (Lipinski definition) is 1. The largest absolute Gasteiger partial charge is 0.444 e. The monoisotopic (exact) mass is 231 g/mol. The van der Waals surface area contributed by atoms with Gasteiger partial charge >= 0.3 is 6.09 Å². The molecule has 1 heterocycles. The lowest BCUT2D eigenvalue weighted by Gasteiger charge is -2.37. The van der Waals surface area contributed by atoms with Crippen molar-refractivity contribution in [2.24, 2.45) is 5.41 Å². The summed E-state index contributed by atoms with van der Waals surface area (Å²) in [5, 5.41) is 2.79. The standard InChI is InChI=1S/C11H21NO2S/c1-10(2,3)14-9(13)12-6-5-11(4)7-15-8-11/h5-8H2,1-4H3,(H,12,13). The molecular weight excluding hydrogens is 210 g/mol. The van der Waals surface area contributed by atoms with E-state index in [1.165, 1.54) is 11.5 Å². The predicted molar refractivity (Wildman–Crippen MR) is 64.3 cm³/mol. The van der Waals surface area contributed by atoms with Crippen molar-refractivity contribution >= 4 is 17.9 Å². The molecule has 3 nitrogen and oxygen atoms in total. The highest BCUT2D eigenvalue weighted by molar-refractivity contribution is 8.00. The lowest BCUT2D eigenvalue weighted by molar-refractivity contribution is 0.0523. The molecule has 0 aromatic rings. The summed E-state index contributed by atoms with van der Waals surface area (Å²) in [6.07, 6.45) is 0.734. The van der Waals surface area contributed by atoms with Crippen molar-refractivity contribution in [2.75, 3.05) is 18.1 Å². The van der Waals surface area contributed by atoms with E-state index in [-0.39, 0.29) is 6.09 Å². The maximum atomic E-state index is 11.3. The molecule has 0 aromatic heterocycles. The smallest absolute Gasteiger partial charge is 0.407 e. The van der Waals surface area contributed by atoms with Gasteiger partial charge in [-0.2, -0.15) is 11.8 Å². The van der Waals surface area contributed by atoms with E-state index in [1.54, 1.807) is 0 Å². The molecule has 0 radical (unpaired) electrons. The van der Waals surface area contributed by atoms with Crippen molar-refractivity contribution in [3.05, 3.63) is 0 Å². The molecule has 1 saturated heterocycles. The summed E-state index contributed by atoms with van der Waals surface area (Å²) in [5.74, 6) is 2.42. The molecular formula is C11H21NO2S. The van der Waals surface area contributed by atoms with Crippen LogP contribution in [0.5, 0.6) is 0 Å². The summed E-state index contributed by atoms with van der Waals surface area (Å²) < 4.78 is 5.15. The molecule has 0 spiro atoms. The first-order chi connectivity index (χ1) is 6.81. The van der Waals surface area contributed by atoms with Crippen LogP contribution in [0.1, 0.15) is 34.1 Å². The summed E-state index contributed by atoms with van der Waals surface area (Å²) >= 11 is 1.97. The molecule has 1 rings (SSSR count). The molecule has 4 heteroatoms. The second-order valence-electron chi connectivity index (χ2n) is 5.48. The van der Waals surface area contributed by atoms with Crippen LogP contribution < -0.4 is 5.32 Å². The molecule has 1 amide bonds. The fourth-order valence-corrected chi connectivity index (χ4v) is 2.57. The average Bonchev–Trinajstić information content (AvgIpc) is 1.97. The topological polar surface area (TPSA) is 38.3 Å². The number of carbonyl (C=O) groups is 1. The highest BCUT2D eigenvalue weighted by atomic mass is 32.2. The summed E-state index contributed by atoms with van der Waals surface area (Å²) in [4.78, 5) is 11.3. The number of rotatable bonds is 3. The fourth-order valence-electron chi connectivity index (χ4n) is 1.38. The van der Waals surface area contributed by atoms with Gasteiger partial charge in [-0.25, -0.2) is 4.79 Å². The molecule has 0 atom stereocenters. The van der Waals surface area contributed by atoms with Gasteiger partial charge in [0.1, 0.15) is 5.60 Å². The SMILES string of the molecule is CC1(CCNC(=O)OC(C)(C)C)CSC1. The van der Waals surface area contributed by atoms with E-state index in [4.69, 9.17) is 4.74 Å². The van der Waals surface area contributed by atoms with Crippen molar-refractivity contribution in [2.45, 2.75) is 39.7 Å². The highest BCUT2D eigenvalue weighted by Gasteiger charge is 2.32. The van der Waals surface area contributed by atoms with Gasteiger partial charge in [0.15, 0.2) is 0 Å². The number of amides is 1. The Morgan fingerprint density at radius 1 is 1.47 bits per heavy atom. The molecule has 0 unspecified atom stereocenters. The van der Waals surface area contributed by atoms with E-state index in [0.717, 1.165) is 6.42 Å². The Kier molecular flexibility index (Phi) is 3.93. The van der Waals surface area contributed by atoms with Gasteiger partial charge in [-0.05, 0) is 44.1 Å². The zero-order chi connectivity index (χ0) is 11.5. The second-order valence-corrected chi connectivity index (χ2v) is 6.47. The van der Waals surface area contributed by atoms with Crippen molar-refractivity contribution in [1.82, 2.24) is 5.32 Å². The van der Waals surface area contributed by atoms with Crippen LogP contribution in [0.3, 0.4) is 0 Å². The number of ether oxygens (including phenoxy) is 1. The van der Waals surface area contributed by atoms with Gasteiger partial charge in [0.25, 0.3) is 0 Å². The summed E-state index contributed by atoms with van der Waals surface area (Å²) in [7, 11) is 0. The molecule has 1 N–H and O–H groups in total. The molecule has 0 saturated carbocycles. The summed E-state index contributed by atoms with van der Waals surface area (Å²) in [6.45, 7) is 8.59. The van der Waals surface area contributed by atoms with Gasteiger partial charge in [-0.15, -0.1) is 0 Å². The lowest BCUT2D eigenvalue weighted by Crippen LogP contribution is -2.38. The van der Waals surface area contributed by atoms with Crippen LogP contribution in [-0.4, -0.2) is 29.7 Å². The maximum Gasteiger partial charge on any atom is 0.407 e. The molecule has 1 aliphatic rings. The molecule has 0 aliphatic carbocycles. The normalized spacial score (nSPS) is 19.2. The minimum atomic E-state index is -0.402. The third-order valence-electron chi connectivity index (χ3n) is 2.30. The van der Waals surface area contributed by atoms with Crippen LogP contribution in [0, 0.1) is 5.41 Å².